The normalized spacial score (nSPS) is 14.4. The van der Waals surface area contributed by atoms with Gasteiger partial charge in [-0.15, -0.1) is 0 Å². The van der Waals surface area contributed by atoms with Crippen LogP contribution >= 0.6 is 79.1 Å². The van der Waals surface area contributed by atoms with Crippen LogP contribution in [-0.4, -0.2) is 30.9 Å². The minimum atomic E-state index is -0.756. The predicted octanol–water partition coefficient (Wildman–Crippen LogP) is 6.21. The Morgan fingerprint density at radius 2 is 1.64 bits per heavy atom. The highest BCUT2D eigenvalue weighted by Crippen LogP contribution is 2.35. The number of hydrogen-bond donors (Lipinski definition) is 0. The Kier molecular flexibility index (Phi) is 11.1. The Bertz CT molecular complexity index is 1890. The SMILES string of the molecule is CCOc1ccc([C@@H]2C(C(=O)OC)=CN=c3s/c(=C\c4cc(I)c(OCc5ccc(I)cc5)c(I)c4)c(=O)n32)cc1OCC. The quantitative estimate of drug-likeness (QED) is 0.139. The zero-order valence-corrected chi connectivity index (χ0v) is 31.2. The lowest BCUT2D eigenvalue weighted by molar-refractivity contribution is -0.136. The van der Waals surface area contributed by atoms with E-state index in [0.29, 0.717) is 46.2 Å². The van der Waals surface area contributed by atoms with Crippen LogP contribution in [0.5, 0.6) is 17.2 Å². The summed E-state index contributed by atoms with van der Waals surface area (Å²) < 4.78 is 27.9. The molecule has 0 saturated heterocycles. The summed E-state index contributed by atoms with van der Waals surface area (Å²) in [5, 5.41) is 0. The van der Waals surface area contributed by atoms with Crippen LogP contribution < -0.4 is 29.1 Å². The van der Waals surface area contributed by atoms with Gasteiger partial charge in [-0.05, 0) is 141 Å². The fraction of sp³-hybridized carbons (Fsp3) is 0.219. The van der Waals surface area contributed by atoms with Gasteiger partial charge >= 0.3 is 5.97 Å². The molecule has 0 fully saturated rings. The molecular formula is C32H27I3N2O6S. The molecule has 44 heavy (non-hydrogen) atoms. The first-order valence-corrected chi connectivity index (χ1v) is 17.6. The molecule has 0 aliphatic carbocycles. The zero-order valence-electron chi connectivity index (χ0n) is 23.9. The lowest BCUT2D eigenvalue weighted by Crippen LogP contribution is -2.39. The van der Waals surface area contributed by atoms with Gasteiger partial charge in [0, 0.05) is 9.77 Å². The Labute approximate surface area is 299 Å². The second kappa shape index (κ2) is 14.8. The molecular weight excluding hydrogens is 921 g/mol. The average molecular weight is 948 g/mol. The second-order valence-corrected chi connectivity index (χ2v) is 14.1. The maximum atomic E-state index is 14.0. The summed E-state index contributed by atoms with van der Waals surface area (Å²) >= 11 is 8.07. The first-order valence-electron chi connectivity index (χ1n) is 13.6. The number of carbonyl (C=O) groups excluding carboxylic acids is 1. The van der Waals surface area contributed by atoms with Crippen molar-refractivity contribution >= 4 is 91.2 Å². The van der Waals surface area contributed by atoms with Crippen molar-refractivity contribution in [2.24, 2.45) is 4.99 Å². The first kappa shape index (κ1) is 32.9. The molecule has 3 aromatic carbocycles. The van der Waals surface area contributed by atoms with Gasteiger partial charge in [0.15, 0.2) is 16.3 Å². The Balaban J connectivity index is 1.54. The highest BCUT2D eigenvalue weighted by atomic mass is 127. The van der Waals surface area contributed by atoms with E-state index in [2.05, 4.69) is 97.0 Å². The molecule has 12 heteroatoms. The van der Waals surface area contributed by atoms with E-state index in [1.165, 1.54) is 28.2 Å². The number of rotatable bonds is 10. The molecule has 0 spiro atoms. The third-order valence-corrected chi connectivity index (χ3v) is 9.94. The Morgan fingerprint density at radius 1 is 0.955 bits per heavy atom. The number of benzene rings is 3. The van der Waals surface area contributed by atoms with Gasteiger partial charge in [-0.25, -0.2) is 9.79 Å². The number of fused-ring (bicyclic) bond motifs is 1. The molecule has 0 amide bonds. The lowest BCUT2D eigenvalue weighted by atomic mass is 9.97. The number of nitrogens with zero attached hydrogens (tertiary/aromatic N) is 2. The summed E-state index contributed by atoms with van der Waals surface area (Å²) in [7, 11) is 1.31. The molecule has 0 saturated carbocycles. The number of carbonyl (C=O) groups is 1. The zero-order chi connectivity index (χ0) is 31.4. The number of halogens is 3. The fourth-order valence-electron chi connectivity index (χ4n) is 4.68. The molecule has 1 aliphatic rings. The third kappa shape index (κ3) is 7.17. The highest BCUT2D eigenvalue weighted by molar-refractivity contribution is 14.1. The molecule has 5 rings (SSSR count). The molecule has 1 aromatic heterocycles. The Morgan fingerprint density at radius 3 is 2.30 bits per heavy atom. The van der Waals surface area contributed by atoms with Crippen LogP contribution in [0.2, 0.25) is 0 Å². The van der Waals surface area contributed by atoms with Crippen molar-refractivity contribution in [3.8, 4) is 17.2 Å². The lowest BCUT2D eigenvalue weighted by Gasteiger charge is -2.23. The van der Waals surface area contributed by atoms with Crippen molar-refractivity contribution in [3.63, 3.8) is 0 Å². The molecule has 0 bridgehead atoms. The van der Waals surface area contributed by atoms with Gasteiger partial charge in [0.1, 0.15) is 12.4 Å². The molecule has 1 atom stereocenters. The number of methoxy groups -OCH3 is 1. The van der Waals surface area contributed by atoms with E-state index in [1.807, 2.05) is 38.1 Å². The van der Waals surface area contributed by atoms with E-state index in [-0.39, 0.29) is 11.1 Å². The van der Waals surface area contributed by atoms with Crippen LogP contribution in [0.25, 0.3) is 6.08 Å². The maximum absolute atomic E-state index is 14.0. The Hall–Kier alpha value is -2.44. The number of hydrogen-bond acceptors (Lipinski definition) is 8. The van der Waals surface area contributed by atoms with E-state index in [9.17, 15) is 9.59 Å². The summed E-state index contributed by atoms with van der Waals surface area (Å²) in [6.45, 7) is 5.14. The van der Waals surface area contributed by atoms with Crippen LogP contribution in [0.3, 0.4) is 0 Å². The van der Waals surface area contributed by atoms with Crippen molar-refractivity contribution in [1.82, 2.24) is 4.57 Å². The maximum Gasteiger partial charge on any atom is 0.337 e. The second-order valence-electron chi connectivity index (χ2n) is 9.48. The topological polar surface area (TPSA) is 88.4 Å². The minimum Gasteiger partial charge on any atom is -0.490 e. The van der Waals surface area contributed by atoms with E-state index in [1.54, 1.807) is 16.7 Å². The van der Waals surface area contributed by atoms with Gasteiger partial charge in [-0.2, -0.15) is 0 Å². The van der Waals surface area contributed by atoms with Gasteiger partial charge in [0.05, 0.1) is 43.6 Å². The monoisotopic (exact) mass is 948 g/mol. The van der Waals surface area contributed by atoms with Crippen molar-refractivity contribution in [2.75, 3.05) is 20.3 Å². The largest absolute Gasteiger partial charge is 0.490 e. The van der Waals surface area contributed by atoms with E-state index in [0.717, 1.165) is 24.0 Å². The molecule has 8 nitrogen and oxygen atoms in total. The predicted molar refractivity (Wildman–Crippen MR) is 195 cm³/mol. The standard InChI is InChI=1S/C32H27I3N2O6S/c1-4-41-25-11-8-20(15-26(25)42-5-2)28-22(31(39)40-3)16-36-32-37(28)30(38)27(44-32)14-19-12-23(34)29(24(35)13-19)43-17-18-6-9-21(33)10-7-18/h6-16,28H,4-5,17H2,1-3H3/b27-14-/t28-/m1/s1. The van der Waals surface area contributed by atoms with Crippen LogP contribution in [0.1, 0.15) is 36.6 Å². The van der Waals surface area contributed by atoms with Gasteiger partial charge in [-0.1, -0.05) is 29.5 Å². The number of ether oxygens (including phenoxy) is 4. The van der Waals surface area contributed by atoms with Crippen molar-refractivity contribution < 1.29 is 23.7 Å². The van der Waals surface area contributed by atoms with E-state index in [4.69, 9.17) is 18.9 Å². The molecule has 2 heterocycles. The molecule has 0 radical (unpaired) electrons. The molecule has 4 aromatic rings. The summed E-state index contributed by atoms with van der Waals surface area (Å²) in [6, 6.07) is 16.9. The number of esters is 1. The number of thiazole rings is 1. The van der Waals surface area contributed by atoms with Crippen molar-refractivity contribution in [3.05, 3.63) is 113 Å². The highest BCUT2D eigenvalue weighted by Gasteiger charge is 2.31. The first-order chi connectivity index (χ1) is 21.2. The molecule has 0 unspecified atom stereocenters. The van der Waals surface area contributed by atoms with E-state index < -0.39 is 12.0 Å². The third-order valence-electron chi connectivity index (χ3n) is 6.62. The van der Waals surface area contributed by atoms with Crippen LogP contribution in [0, 0.1) is 10.7 Å². The summed E-state index contributed by atoms with van der Waals surface area (Å²) in [5.74, 6) is 1.35. The molecule has 0 N–H and O–H groups in total. The molecule has 228 valence electrons. The smallest absolute Gasteiger partial charge is 0.337 e. The summed E-state index contributed by atoms with van der Waals surface area (Å²) in [4.78, 5) is 31.8. The van der Waals surface area contributed by atoms with Crippen LogP contribution in [0.4, 0.5) is 0 Å². The van der Waals surface area contributed by atoms with Gasteiger partial charge in [-0.3, -0.25) is 9.36 Å². The van der Waals surface area contributed by atoms with Gasteiger partial charge < -0.3 is 18.9 Å². The summed E-state index contributed by atoms with van der Waals surface area (Å²) in [6.07, 6.45) is 3.33. The van der Waals surface area contributed by atoms with E-state index >= 15 is 0 Å². The number of aromatic nitrogens is 1. The van der Waals surface area contributed by atoms with Gasteiger partial charge in [0.25, 0.3) is 5.56 Å². The minimum absolute atomic E-state index is 0.247. The summed E-state index contributed by atoms with van der Waals surface area (Å²) in [5.41, 5.74) is 2.61. The average Bonchev–Trinajstić information content (AvgIpc) is 3.32. The fourth-order valence-corrected chi connectivity index (χ4v) is 8.13. The van der Waals surface area contributed by atoms with Crippen molar-refractivity contribution in [1.29, 1.82) is 0 Å². The van der Waals surface area contributed by atoms with Crippen molar-refractivity contribution in [2.45, 2.75) is 26.5 Å². The molecule has 1 aliphatic heterocycles. The van der Waals surface area contributed by atoms with Crippen LogP contribution in [0.15, 0.2) is 76.2 Å². The van der Waals surface area contributed by atoms with Crippen LogP contribution in [-0.2, 0) is 16.1 Å². The van der Waals surface area contributed by atoms with Gasteiger partial charge in [0.2, 0.25) is 0 Å².